The Morgan fingerprint density at radius 3 is 2.56 bits per heavy atom. The topological polar surface area (TPSA) is 83.0 Å². The smallest absolute Gasteiger partial charge is 0.259 e. The molecular formula is C16H14Br3N3O3. The third kappa shape index (κ3) is 5.72. The maximum atomic E-state index is 11.9. The molecule has 0 fully saturated rings. The number of nitrogens with zero attached hydrogens (tertiary/aromatic N) is 1. The third-order valence-corrected chi connectivity index (χ3v) is 4.75. The maximum absolute atomic E-state index is 11.9. The second-order valence-electron chi connectivity index (χ2n) is 4.82. The van der Waals surface area contributed by atoms with E-state index in [9.17, 15) is 9.90 Å². The van der Waals surface area contributed by atoms with Crippen molar-refractivity contribution in [3.63, 3.8) is 0 Å². The fourth-order valence-electron chi connectivity index (χ4n) is 1.87. The molecule has 0 aliphatic heterocycles. The van der Waals surface area contributed by atoms with Crippen LogP contribution in [0, 0.1) is 0 Å². The van der Waals surface area contributed by atoms with Crippen LogP contribution in [0.3, 0.4) is 0 Å². The van der Waals surface area contributed by atoms with Gasteiger partial charge in [-0.2, -0.15) is 5.10 Å². The molecule has 2 rings (SSSR count). The number of hydrazone groups is 1. The summed E-state index contributed by atoms with van der Waals surface area (Å²) in [6.07, 6.45) is 1.46. The van der Waals surface area contributed by atoms with Crippen molar-refractivity contribution in [2.24, 2.45) is 5.10 Å². The molecule has 0 atom stereocenters. The predicted octanol–water partition coefficient (Wildman–Crippen LogP) is 4.25. The van der Waals surface area contributed by atoms with Crippen molar-refractivity contribution >= 4 is 65.6 Å². The van der Waals surface area contributed by atoms with E-state index in [2.05, 4.69) is 63.6 Å². The van der Waals surface area contributed by atoms with Crippen molar-refractivity contribution in [2.45, 2.75) is 0 Å². The minimum Gasteiger partial charge on any atom is -0.504 e. The summed E-state index contributed by atoms with van der Waals surface area (Å²) in [5, 5.41) is 16.4. The first-order chi connectivity index (χ1) is 11.9. The maximum Gasteiger partial charge on any atom is 0.259 e. The average Bonchev–Trinajstić information content (AvgIpc) is 2.55. The summed E-state index contributed by atoms with van der Waals surface area (Å²) in [5.74, 6) is 0.0733. The van der Waals surface area contributed by atoms with E-state index < -0.39 is 0 Å². The summed E-state index contributed by atoms with van der Waals surface area (Å²) in [4.78, 5) is 11.9. The van der Waals surface area contributed by atoms with Crippen LogP contribution in [-0.4, -0.2) is 30.9 Å². The lowest BCUT2D eigenvalue weighted by atomic mass is 10.2. The summed E-state index contributed by atoms with van der Waals surface area (Å²) < 4.78 is 7.56. The first-order valence-electron chi connectivity index (χ1n) is 6.98. The molecule has 3 N–H and O–H groups in total. The van der Waals surface area contributed by atoms with E-state index in [4.69, 9.17) is 4.74 Å². The summed E-state index contributed by atoms with van der Waals surface area (Å²) >= 11 is 10.3. The second kappa shape index (κ2) is 9.21. The molecule has 2 aromatic carbocycles. The van der Waals surface area contributed by atoms with Crippen molar-refractivity contribution in [3.05, 3.63) is 49.3 Å². The number of nitrogens with one attached hydrogen (secondary N) is 2. The van der Waals surface area contributed by atoms with Gasteiger partial charge in [-0.05, 0) is 67.8 Å². The zero-order valence-electron chi connectivity index (χ0n) is 13.0. The van der Waals surface area contributed by atoms with Crippen LogP contribution in [-0.2, 0) is 4.79 Å². The SMILES string of the molecule is COc1cc(/C=N\NC(=O)CNc2c(Br)cc(Br)cc2Br)ccc1O. The van der Waals surface area contributed by atoms with Gasteiger partial charge in [0.2, 0.25) is 0 Å². The lowest BCUT2D eigenvalue weighted by Gasteiger charge is -2.10. The minimum absolute atomic E-state index is 0.0403. The van der Waals surface area contributed by atoms with Gasteiger partial charge in [0.15, 0.2) is 11.5 Å². The molecule has 25 heavy (non-hydrogen) atoms. The number of halogens is 3. The Morgan fingerprint density at radius 2 is 1.92 bits per heavy atom. The average molecular weight is 536 g/mol. The number of methoxy groups -OCH3 is 1. The molecule has 132 valence electrons. The van der Waals surface area contributed by atoms with Gasteiger partial charge in [-0.1, -0.05) is 15.9 Å². The summed E-state index contributed by atoms with van der Waals surface area (Å²) in [6.45, 7) is 0.0507. The zero-order chi connectivity index (χ0) is 18.4. The largest absolute Gasteiger partial charge is 0.504 e. The quantitative estimate of drug-likeness (QED) is 0.381. The highest BCUT2D eigenvalue weighted by Gasteiger charge is 2.08. The van der Waals surface area contributed by atoms with Crippen LogP contribution in [0.1, 0.15) is 5.56 Å². The lowest BCUT2D eigenvalue weighted by Crippen LogP contribution is -2.26. The van der Waals surface area contributed by atoms with Crippen LogP contribution in [0.2, 0.25) is 0 Å². The van der Waals surface area contributed by atoms with Gasteiger partial charge >= 0.3 is 0 Å². The number of carbonyl (C=O) groups excluding carboxylic acids is 1. The van der Waals surface area contributed by atoms with Crippen LogP contribution in [0.5, 0.6) is 11.5 Å². The standard InChI is InChI=1S/C16H14Br3N3O3/c1-25-14-4-9(2-3-13(14)23)7-21-22-15(24)8-20-16-11(18)5-10(17)6-12(16)19/h2-7,20,23H,8H2,1H3,(H,22,24)/b21-7-. The highest BCUT2D eigenvalue weighted by Crippen LogP contribution is 2.34. The Kier molecular flexibility index (Phi) is 7.27. The van der Waals surface area contributed by atoms with Gasteiger partial charge < -0.3 is 15.2 Å². The van der Waals surface area contributed by atoms with E-state index in [1.54, 1.807) is 12.1 Å². The number of ether oxygens (including phenoxy) is 1. The highest BCUT2D eigenvalue weighted by atomic mass is 79.9. The van der Waals surface area contributed by atoms with E-state index in [0.29, 0.717) is 11.3 Å². The Bertz CT molecular complexity index is 789. The molecule has 0 aliphatic carbocycles. The monoisotopic (exact) mass is 533 g/mol. The minimum atomic E-state index is -0.302. The number of rotatable bonds is 6. The highest BCUT2D eigenvalue weighted by molar-refractivity contribution is 9.11. The molecule has 0 saturated heterocycles. The molecule has 9 heteroatoms. The number of hydrogen-bond donors (Lipinski definition) is 3. The van der Waals surface area contributed by atoms with Gasteiger partial charge in [0, 0.05) is 13.4 Å². The first-order valence-corrected chi connectivity index (χ1v) is 9.36. The summed E-state index contributed by atoms with van der Waals surface area (Å²) in [5.41, 5.74) is 3.88. The van der Waals surface area contributed by atoms with E-state index >= 15 is 0 Å². The van der Waals surface area contributed by atoms with Crippen molar-refractivity contribution in [1.82, 2.24) is 5.43 Å². The number of benzene rings is 2. The molecule has 2 aromatic rings. The van der Waals surface area contributed by atoms with Crippen LogP contribution in [0.15, 0.2) is 48.9 Å². The zero-order valence-corrected chi connectivity index (χ0v) is 17.8. The number of amides is 1. The third-order valence-electron chi connectivity index (χ3n) is 3.04. The Morgan fingerprint density at radius 1 is 1.24 bits per heavy atom. The van der Waals surface area contributed by atoms with Crippen molar-refractivity contribution in [3.8, 4) is 11.5 Å². The number of carbonyl (C=O) groups is 1. The van der Waals surface area contributed by atoms with Gasteiger partial charge in [0.05, 0.1) is 25.6 Å². The Balaban J connectivity index is 1.91. The molecule has 0 aromatic heterocycles. The summed E-state index contributed by atoms with van der Waals surface area (Å²) in [7, 11) is 1.46. The van der Waals surface area contributed by atoms with E-state index in [0.717, 1.165) is 19.1 Å². The number of phenolic OH excluding ortho intramolecular Hbond substituents is 1. The van der Waals surface area contributed by atoms with Gasteiger partial charge in [-0.3, -0.25) is 4.79 Å². The fraction of sp³-hybridized carbons (Fsp3) is 0.125. The van der Waals surface area contributed by atoms with E-state index in [-0.39, 0.29) is 18.2 Å². The van der Waals surface area contributed by atoms with E-state index in [1.807, 2.05) is 12.1 Å². The predicted molar refractivity (Wildman–Crippen MR) is 108 cm³/mol. The fourth-order valence-corrected chi connectivity index (χ4v) is 4.41. The molecule has 0 heterocycles. The molecule has 0 unspecified atom stereocenters. The van der Waals surface area contributed by atoms with Crippen molar-refractivity contribution in [2.75, 3.05) is 19.0 Å². The number of aromatic hydroxyl groups is 1. The molecule has 0 aliphatic rings. The number of anilines is 1. The van der Waals surface area contributed by atoms with Crippen molar-refractivity contribution in [1.29, 1.82) is 0 Å². The Labute approximate surface area is 170 Å². The van der Waals surface area contributed by atoms with Gasteiger partial charge in [0.1, 0.15) is 0 Å². The van der Waals surface area contributed by atoms with Crippen LogP contribution in [0.25, 0.3) is 0 Å². The number of hydrogen-bond acceptors (Lipinski definition) is 5. The molecule has 6 nitrogen and oxygen atoms in total. The van der Waals surface area contributed by atoms with Crippen LogP contribution < -0.4 is 15.5 Å². The molecule has 0 spiro atoms. The van der Waals surface area contributed by atoms with Gasteiger partial charge in [0.25, 0.3) is 5.91 Å². The van der Waals surface area contributed by atoms with Gasteiger partial charge in [-0.15, -0.1) is 0 Å². The molecule has 0 bridgehead atoms. The Hall–Kier alpha value is -1.58. The summed E-state index contributed by atoms with van der Waals surface area (Å²) in [6, 6.07) is 8.51. The van der Waals surface area contributed by atoms with Crippen molar-refractivity contribution < 1.29 is 14.6 Å². The van der Waals surface area contributed by atoms with Gasteiger partial charge in [-0.25, -0.2) is 5.43 Å². The molecule has 0 saturated carbocycles. The molecular weight excluding hydrogens is 522 g/mol. The van der Waals surface area contributed by atoms with E-state index in [1.165, 1.54) is 19.4 Å². The lowest BCUT2D eigenvalue weighted by molar-refractivity contribution is -0.119. The first kappa shape index (κ1) is 19.7. The second-order valence-corrected chi connectivity index (χ2v) is 7.45. The van der Waals surface area contributed by atoms with Crippen LogP contribution >= 0.6 is 47.8 Å². The van der Waals surface area contributed by atoms with Crippen LogP contribution in [0.4, 0.5) is 5.69 Å². The molecule has 0 radical (unpaired) electrons. The molecule has 1 amide bonds. The number of phenols is 1. The normalized spacial score (nSPS) is 10.7.